The van der Waals surface area contributed by atoms with Crippen molar-refractivity contribution in [2.24, 2.45) is 0 Å². The zero-order chi connectivity index (χ0) is 17.1. The lowest BCUT2D eigenvalue weighted by atomic mass is 10.0. The molecule has 2 heterocycles. The van der Waals surface area contributed by atoms with Crippen LogP contribution in [0, 0.1) is 13.8 Å². The van der Waals surface area contributed by atoms with Crippen LogP contribution in [0.1, 0.15) is 35.0 Å². The average molecular weight is 327 g/mol. The minimum Gasteiger partial charge on any atom is -0.361 e. The lowest BCUT2D eigenvalue weighted by Crippen LogP contribution is -2.49. The van der Waals surface area contributed by atoms with Gasteiger partial charge < -0.3 is 9.42 Å². The zero-order valence-corrected chi connectivity index (χ0v) is 14.7. The summed E-state index contributed by atoms with van der Waals surface area (Å²) in [7, 11) is 2.13. The smallest absolute Gasteiger partial charge is 0.223 e. The Morgan fingerprint density at radius 1 is 1.25 bits per heavy atom. The zero-order valence-electron chi connectivity index (χ0n) is 14.7. The summed E-state index contributed by atoms with van der Waals surface area (Å²) in [6.45, 7) is 6.27. The second kappa shape index (κ2) is 7.18. The first-order valence-corrected chi connectivity index (χ1v) is 8.51. The summed E-state index contributed by atoms with van der Waals surface area (Å²) in [4.78, 5) is 17.0. The van der Waals surface area contributed by atoms with Crippen molar-refractivity contribution in [2.45, 2.75) is 32.7 Å². The van der Waals surface area contributed by atoms with Gasteiger partial charge in [0.25, 0.3) is 0 Å². The first-order valence-electron chi connectivity index (χ1n) is 8.51. The Labute approximate surface area is 143 Å². The van der Waals surface area contributed by atoms with Crippen LogP contribution < -0.4 is 0 Å². The van der Waals surface area contributed by atoms with E-state index in [1.807, 2.05) is 24.8 Å². The normalized spacial score (nSPS) is 18.8. The van der Waals surface area contributed by atoms with Gasteiger partial charge in [-0.25, -0.2) is 0 Å². The van der Waals surface area contributed by atoms with Crippen LogP contribution in [0.3, 0.4) is 0 Å². The van der Waals surface area contributed by atoms with Crippen molar-refractivity contribution >= 4 is 5.91 Å². The standard InChI is InChI=1S/C19H25N3O2/c1-14-17(15(2)24-20-14)9-10-19(23)22-12-11-21(3)18(13-22)16-7-5-4-6-8-16/h4-8,18H,9-13H2,1-3H3/t18-/m0/s1. The molecular weight excluding hydrogens is 302 g/mol. The van der Waals surface area contributed by atoms with Gasteiger partial charge in [0.05, 0.1) is 11.7 Å². The van der Waals surface area contributed by atoms with Gasteiger partial charge in [-0.2, -0.15) is 0 Å². The highest BCUT2D eigenvalue weighted by atomic mass is 16.5. The molecule has 1 saturated heterocycles. The average Bonchev–Trinajstić information content (AvgIpc) is 2.92. The molecule has 1 fully saturated rings. The van der Waals surface area contributed by atoms with E-state index in [4.69, 9.17) is 4.52 Å². The third kappa shape index (κ3) is 3.51. The number of amides is 1. The molecule has 1 aromatic heterocycles. The van der Waals surface area contributed by atoms with Gasteiger partial charge in [-0.3, -0.25) is 9.69 Å². The van der Waals surface area contributed by atoms with Crippen LogP contribution in [-0.4, -0.2) is 47.5 Å². The fourth-order valence-corrected chi connectivity index (χ4v) is 3.38. The highest BCUT2D eigenvalue weighted by molar-refractivity contribution is 5.76. The first-order chi connectivity index (χ1) is 11.6. The summed E-state index contributed by atoms with van der Waals surface area (Å²) < 4.78 is 5.18. The van der Waals surface area contributed by atoms with Crippen molar-refractivity contribution in [2.75, 3.05) is 26.7 Å². The molecule has 2 aromatic rings. The Kier molecular flexibility index (Phi) is 5.00. The second-order valence-electron chi connectivity index (χ2n) is 6.55. The molecule has 24 heavy (non-hydrogen) atoms. The molecule has 0 N–H and O–H groups in total. The van der Waals surface area contributed by atoms with Crippen molar-refractivity contribution in [3.05, 3.63) is 52.9 Å². The Hall–Kier alpha value is -2.14. The summed E-state index contributed by atoms with van der Waals surface area (Å²) >= 11 is 0. The van der Waals surface area contributed by atoms with Gasteiger partial charge in [0.1, 0.15) is 5.76 Å². The maximum Gasteiger partial charge on any atom is 0.223 e. The fourth-order valence-electron chi connectivity index (χ4n) is 3.38. The van der Waals surface area contributed by atoms with Crippen LogP contribution in [0.15, 0.2) is 34.9 Å². The number of nitrogens with zero attached hydrogens (tertiary/aromatic N) is 3. The minimum absolute atomic E-state index is 0.212. The summed E-state index contributed by atoms with van der Waals surface area (Å²) in [5, 5.41) is 3.96. The number of benzene rings is 1. The molecule has 1 atom stereocenters. The van der Waals surface area contributed by atoms with Crippen LogP contribution in [0.5, 0.6) is 0 Å². The van der Waals surface area contributed by atoms with E-state index in [9.17, 15) is 4.79 Å². The van der Waals surface area contributed by atoms with Crippen molar-refractivity contribution in [1.29, 1.82) is 0 Å². The van der Waals surface area contributed by atoms with Gasteiger partial charge in [-0.1, -0.05) is 35.5 Å². The number of aromatic nitrogens is 1. The molecule has 3 rings (SSSR count). The molecule has 0 aliphatic carbocycles. The summed E-state index contributed by atoms with van der Waals surface area (Å²) in [5.74, 6) is 1.03. The van der Waals surface area contributed by atoms with E-state index < -0.39 is 0 Å². The van der Waals surface area contributed by atoms with Crippen LogP contribution in [0.4, 0.5) is 0 Å². The minimum atomic E-state index is 0.212. The maximum absolute atomic E-state index is 12.7. The number of hydrogen-bond acceptors (Lipinski definition) is 4. The molecule has 0 radical (unpaired) electrons. The molecule has 128 valence electrons. The van der Waals surface area contributed by atoms with Gasteiger partial charge in [0, 0.05) is 31.6 Å². The van der Waals surface area contributed by atoms with E-state index in [1.165, 1.54) is 5.56 Å². The van der Waals surface area contributed by atoms with Crippen LogP contribution >= 0.6 is 0 Å². The molecule has 0 spiro atoms. The van der Waals surface area contributed by atoms with Gasteiger partial charge in [0.2, 0.25) is 5.91 Å². The predicted octanol–water partition coefficient (Wildman–Crippen LogP) is 2.74. The molecule has 1 aliphatic heterocycles. The summed E-state index contributed by atoms with van der Waals surface area (Å²) in [6, 6.07) is 10.7. The van der Waals surface area contributed by atoms with Crippen LogP contribution in [-0.2, 0) is 11.2 Å². The van der Waals surface area contributed by atoms with Crippen molar-refractivity contribution in [1.82, 2.24) is 15.0 Å². The van der Waals surface area contributed by atoms with E-state index in [-0.39, 0.29) is 11.9 Å². The predicted molar refractivity (Wildman–Crippen MR) is 92.7 cm³/mol. The van der Waals surface area contributed by atoms with Gasteiger partial charge >= 0.3 is 0 Å². The molecule has 5 heteroatoms. The van der Waals surface area contributed by atoms with E-state index in [2.05, 4.69) is 41.4 Å². The number of aryl methyl sites for hydroxylation is 2. The molecular formula is C19H25N3O2. The van der Waals surface area contributed by atoms with Gasteiger partial charge in [0.15, 0.2) is 0 Å². The fraction of sp³-hybridized carbons (Fsp3) is 0.474. The van der Waals surface area contributed by atoms with Crippen LogP contribution in [0.25, 0.3) is 0 Å². The third-order valence-corrected chi connectivity index (χ3v) is 4.96. The van der Waals surface area contributed by atoms with Crippen molar-refractivity contribution in [3.8, 4) is 0 Å². The molecule has 1 aromatic carbocycles. The molecule has 0 saturated carbocycles. The number of hydrogen-bond donors (Lipinski definition) is 0. The molecule has 0 bridgehead atoms. The molecule has 0 unspecified atom stereocenters. The number of carbonyl (C=O) groups is 1. The highest BCUT2D eigenvalue weighted by Gasteiger charge is 2.28. The van der Waals surface area contributed by atoms with E-state index in [1.54, 1.807) is 0 Å². The summed E-state index contributed by atoms with van der Waals surface area (Å²) in [6.07, 6.45) is 1.20. The number of likely N-dealkylation sites (N-methyl/N-ethyl adjacent to an activating group) is 1. The maximum atomic E-state index is 12.7. The Morgan fingerprint density at radius 2 is 2.00 bits per heavy atom. The first kappa shape index (κ1) is 16.7. The Bertz CT molecular complexity index is 676. The highest BCUT2D eigenvalue weighted by Crippen LogP contribution is 2.24. The van der Waals surface area contributed by atoms with Gasteiger partial charge in [-0.15, -0.1) is 0 Å². The van der Waals surface area contributed by atoms with Gasteiger partial charge in [-0.05, 0) is 32.9 Å². The molecule has 5 nitrogen and oxygen atoms in total. The number of piperazine rings is 1. The lowest BCUT2D eigenvalue weighted by molar-refractivity contribution is -0.134. The van der Waals surface area contributed by atoms with Crippen molar-refractivity contribution in [3.63, 3.8) is 0 Å². The quantitative estimate of drug-likeness (QED) is 0.866. The van der Waals surface area contributed by atoms with Crippen molar-refractivity contribution < 1.29 is 9.32 Å². The van der Waals surface area contributed by atoms with E-state index in [0.29, 0.717) is 12.8 Å². The largest absolute Gasteiger partial charge is 0.361 e. The Morgan fingerprint density at radius 3 is 2.67 bits per heavy atom. The molecule has 1 aliphatic rings. The number of carbonyl (C=O) groups excluding carboxylic acids is 1. The van der Waals surface area contributed by atoms with E-state index in [0.717, 1.165) is 36.7 Å². The van der Waals surface area contributed by atoms with E-state index >= 15 is 0 Å². The lowest BCUT2D eigenvalue weighted by Gasteiger charge is -2.39. The monoisotopic (exact) mass is 327 g/mol. The third-order valence-electron chi connectivity index (χ3n) is 4.96. The second-order valence-corrected chi connectivity index (χ2v) is 6.55. The van der Waals surface area contributed by atoms with Crippen LogP contribution in [0.2, 0.25) is 0 Å². The summed E-state index contributed by atoms with van der Waals surface area (Å²) in [5.41, 5.74) is 3.22. The Balaban J connectivity index is 1.63. The SMILES string of the molecule is Cc1noc(C)c1CCC(=O)N1CCN(C)[C@H](c2ccccc2)C1. The topological polar surface area (TPSA) is 49.6 Å². The molecule has 1 amide bonds. The number of rotatable bonds is 4.